The molecule has 1 saturated heterocycles. The van der Waals surface area contributed by atoms with E-state index in [2.05, 4.69) is 4.90 Å². The largest absolute Gasteiger partial charge is 0.497 e. The van der Waals surface area contributed by atoms with E-state index in [0.29, 0.717) is 44.9 Å². The maximum absolute atomic E-state index is 13.7. The summed E-state index contributed by atoms with van der Waals surface area (Å²) in [5.41, 5.74) is 1.53. The van der Waals surface area contributed by atoms with Crippen LogP contribution in [0.3, 0.4) is 0 Å². The number of rotatable bonds is 9. The molecule has 1 aromatic carbocycles. The number of hydrogen-bond acceptors (Lipinski definition) is 7. The molecule has 2 aliphatic heterocycles. The van der Waals surface area contributed by atoms with Gasteiger partial charge in [0.15, 0.2) is 0 Å². The number of furan rings is 1. The van der Waals surface area contributed by atoms with Crippen molar-refractivity contribution in [3.05, 3.63) is 54.0 Å². The van der Waals surface area contributed by atoms with Crippen molar-refractivity contribution in [1.29, 1.82) is 0 Å². The van der Waals surface area contributed by atoms with Crippen LogP contribution in [0, 0.1) is 5.41 Å². The van der Waals surface area contributed by atoms with E-state index in [-0.39, 0.29) is 29.8 Å². The van der Waals surface area contributed by atoms with Gasteiger partial charge in [0.05, 0.1) is 32.3 Å². The van der Waals surface area contributed by atoms with Crippen molar-refractivity contribution in [2.45, 2.75) is 39.7 Å². The van der Waals surface area contributed by atoms with Gasteiger partial charge in [-0.2, -0.15) is 5.10 Å². The molecule has 0 bridgehead atoms. The Morgan fingerprint density at radius 1 is 1.14 bits per heavy atom. The molecule has 1 aromatic heterocycles. The van der Waals surface area contributed by atoms with Crippen LogP contribution in [0.1, 0.15) is 51.0 Å². The van der Waals surface area contributed by atoms with Crippen LogP contribution in [0.15, 0.2) is 52.2 Å². The van der Waals surface area contributed by atoms with Crippen molar-refractivity contribution in [1.82, 2.24) is 14.8 Å². The minimum Gasteiger partial charge on any atom is -0.497 e. The number of hydrogen-bond donors (Lipinski definition) is 0. The number of ether oxygens (including phenoxy) is 2. The Kier molecular flexibility index (Phi) is 8.66. The number of carbonyl (C=O) groups is 2. The fourth-order valence-corrected chi connectivity index (χ4v) is 4.58. The molecule has 0 aliphatic carbocycles. The summed E-state index contributed by atoms with van der Waals surface area (Å²) in [5.74, 6) is 1.17. The van der Waals surface area contributed by atoms with Gasteiger partial charge < -0.3 is 18.8 Å². The lowest BCUT2D eigenvalue weighted by atomic mass is 9.91. The Bertz CT molecular complexity index is 1070. The van der Waals surface area contributed by atoms with Crippen LogP contribution in [-0.2, 0) is 14.3 Å². The first-order valence-corrected chi connectivity index (χ1v) is 12.9. The first kappa shape index (κ1) is 26.9. The smallest absolute Gasteiger partial charge is 0.262 e. The molecule has 37 heavy (non-hydrogen) atoms. The van der Waals surface area contributed by atoms with Gasteiger partial charge in [-0.3, -0.25) is 14.5 Å². The Morgan fingerprint density at radius 2 is 1.86 bits per heavy atom. The number of carbonyl (C=O) groups excluding carboxylic acids is 2. The third-order valence-corrected chi connectivity index (χ3v) is 6.61. The summed E-state index contributed by atoms with van der Waals surface area (Å²) in [4.78, 5) is 30.9. The highest BCUT2D eigenvalue weighted by Crippen LogP contribution is 2.33. The third kappa shape index (κ3) is 7.20. The Balaban J connectivity index is 1.53. The molecule has 200 valence electrons. The third-order valence-electron chi connectivity index (χ3n) is 6.61. The quantitative estimate of drug-likeness (QED) is 0.513. The molecule has 1 atom stereocenters. The molecule has 0 N–H and O–H groups in total. The predicted molar refractivity (Wildman–Crippen MR) is 140 cm³/mol. The maximum atomic E-state index is 13.7. The zero-order valence-corrected chi connectivity index (χ0v) is 22.3. The molecule has 0 unspecified atom stereocenters. The van der Waals surface area contributed by atoms with Crippen molar-refractivity contribution >= 4 is 17.5 Å². The molecular weight excluding hydrogens is 472 g/mol. The Morgan fingerprint density at radius 3 is 2.49 bits per heavy atom. The lowest BCUT2D eigenvalue weighted by Gasteiger charge is -2.32. The van der Waals surface area contributed by atoms with E-state index in [9.17, 15) is 9.59 Å². The number of morpholine rings is 1. The van der Waals surface area contributed by atoms with Crippen LogP contribution in [0.25, 0.3) is 0 Å². The molecule has 9 heteroatoms. The summed E-state index contributed by atoms with van der Waals surface area (Å²) >= 11 is 0. The molecule has 3 heterocycles. The molecule has 4 rings (SSSR count). The summed E-state index contributed by atoms with van der Waals surface area (Å²) in [5, 5.41) is 6.21. The fraction of sp³-hybridized carbons (Fsp3) is 0.536. The normalized spacial score (nSPS) is 18.5. The second-order valence-electron chi connectivity index (χ2n) is 10.8. The van der Waals surface area contributed by atoms with Crippen molar-refractivity contribution in [3.63, 3.8) is 0 Å². The van der Waals surface area contributed by atoms with Gasteiger partial charge in [0.1, 0.15) is 24.1 Å². The van der Waals surface area contributed by atoms with Gasteiger partial charge in [0.2, 0.25) is 5.91 Å². The highest BCUT2D eigenvalue weighted by Gasteiger charge is 2.36. The van der Waals surface area contributed by atoms with Crippen LogP contribution in [0.4, 0.5) is 0 Å². The second-order valence-corrected chi connectivity index (χ2v) is 10.8. The van der Waals surface area contributed by atoms with Gasteiger partial charge in [0.25, 0.3) is 5.91 Å². The van der Waals surface area contributed by atoms with E-state index in [4.69, 9.17) is 19.0 Å². The van der Waals surface area contributed by atoms with Gasteiger partial charge in [-0.25, -0.2) is 5.01 Å². The highest BCUT2D eigenvalue weighted by atomic mass is 16.5. The van der Waals surface area contributed by atoms with Gasteiger partial charge in [-0.05, 0) is 47.4 Å². The summed E-state index contributed by atoms with van der Waals surface area (Å²) < 4.78 is 16.4. The molecule has 2 aliphatic rings. The number of methoxy groups -OCH3 is 1. The molecule has 0 saturated carbocycles. The van der Waals surface area contributed by atoms with Gasteiger partial charge in [0, 0.05) is 39.0 Å². The summed E-state index contributed by atoms with van der Waals surface area (Å²) in [7, 11) is 1.63. The molecule has 2 amide bonds. The van der Waals surface area contributed by atoms with Crippen LogP contribution in [0.5, 0.6) is 5.75 Å². The molecular formula is C28H38N4O5. The van der Waals surface area contributed by atoms with Crippen LogP contribution >= 0.6 is 0 Å². The lowest BCUT2D eigenvalue weighted by Crippen LogP contribution is -2.47. The number of benzene rings is 1. The minimum absolute atomic E-state index is 0.0257. The first-order chi connectivity index (χ1) is 17.7. The van der Waals surface area contributed by atoms with Crippen molar-refractivity contribution in [2.75, 3.05) is 53.0 Å². The SMILES string of the molecule is COc1ccc(C2=NN(C(=O)CN(CCN3CCOCC3)C(=O)CC(C)(C)C)[C@@H](c3ccco3)C2)cc1. The fourth-order valence-electron chi connectivity index (χ4n) is 4.58. The van der Waals surface area contributed by atoms with E-state index in [0.717, 1.165) is 30.1 Å². The van der Waals surface area contributed by atoms with Crippen molar-refractivity contribution < 1.29 is 23.5 Å². The van der Waals surface area contributed by atoms with Crippen LogP contribution in [-0.4, -0.2) is 85.4 Å². The molecule has 9 nitrogen and oxygen atoms in total. The van der Waals surface area contributed by atoms with Crippen LogP contribution < -0.4 is 4.74 Å². The van der Waals surface area contributed by atoms with E-state index in [1.165, 1.54) is 5.01 Å². The van der Waals surface area contributed by atoms with E-state index >= 15 is 0 Å². The predicted octanol–water partition coefficient (Wildman–Crippen LogP) is 3.56. The van der Waals surface area contributed by atoms with E-state index < -0.39 is 0 Å². The van der Waals surface area contributed by atoms with Gasteiger partial charge in [-0.15, -0.1) is 0 Å². The minimum atomic E-state index is -0.363. The average molecular weight is 511 g/mol. The second kappa shape index (κ2) is 11.9. The monoisotopic (exact) mass is 510 g/mol. The summed E-state index contributed by atoms with van der Waals surface area (Å²) in [6, 6.07) is 10.9. The zero-order chi connectivity index (χ0) is 26.4. The van der Waals surface area contributed by atoms with Crippen molar-refractivity contribution in [3.8, 4) is 5.75 Å². The topological polar surface area (TPSA) is 87.8 Å². The van der Waals surface area contributed by atoms with Gasteiger partial charge >= 0.3 is 0 Å². The van der Waals surface area contributed by atoms with Crippen molar-refractivity contribution in [2.24, 2.45) is 10.5 Å². The molecule has 1 fully saturated rings. The van der Waals surface area contributed by atoms with Gasteiger partial charge in [-0.1, -0.05) is 20.8 Å². The standard InChI is InChI=1S/C28H38N4O5/c1-28(2,3)19-26(33)31(12-11-30-13-16-36-17-14-30)20-27(34)32-24(25-6-5-15-37-25)18-23(29-32)21-7-9-22(35-4)10-8-21/h5-10,15,24H,11-14,16-20H2,1-4H3/t24-/m1/s1. The highest BCUT2D eigenvalue weighted by molar-refractivity contribution is 6.03. The molecule has 0 spiro atoms. The Labute approximate surface area is 219 Å². The Hall–Kier alpha value is -3.17. The number of nitrogens with zero attached hydrogens (tertiary/aromatic N) is 4. The zero-order valence-electron chi connectivity index (χ0n) is 22.3. The summed E-state index contributed by atoms with van der Waals surface area (Å²) in [6.07, 6.45) is 2.49. The number of hydrazone groups is 1. The number of amides is 2. The average Bonchev–Trinajstić information content (AvgIpc) is 3.56. The summed E-state index contributed by atoms with van der Waals surface area (Å²) in [6.45, 7) is 10.3. The lowest BCUT2D eigenvalue weighted by molar-refractivity contribution is -0.143. The van der Waals surface area contributed by atoms with E-state index in [1.807, 2.05) is 57.2 Å². The first-order valence-electron chi connectivity index (χ1n) is 12.9. The maximum Gasteiger partial charge on any atom is 0.262 e. The molecule has 2 aromatic rings. The van der Waals surface area contributed by atoms with Crippen LogP contribution in [0.2, 0.25) is 0 Å². The van der Waals surface area contributed by atoms with E-state index in [1.54, 1.807) is 18.3 Å². The molecule has 0 radical (unpaired) electrons.